The van der Waals surface area contributed by atoms with E-state index in [1.54, 1.807) is 0 Å². The summed E-state index contributed by atoms with van der Waals surface area (Å²) < 4.78 is 2.11. The average molecular weight is 267 g/mol. The summed E-state index contributed by atoms with van der Waals surface area (Å²) in [7, 11) is 0. The number of aromatic amines is 1. The van der Waals surface area contributed by atoms with Gasteiger partial charge in [-0.25, -0.2) is 9.50 Å². The van der Waals surface area contributed by atoms with Gasteiger partial charge in [0.25, 0.3) is 0 Å². The maximum atomic E-state index is 4.82. The highest BCUT2D eigenvalue weighted by molar-refractivity contribution is 5.64. The van der Waals surface area contributed by atoms with Crippen LogP contribution in [0.25, 0.3) is 17.0 Å². The summed E-state index contributed by atoms with van der Waals surface area (Å²) in [5.41, 5.74) is 7.39. The molecule has 0 aliphatic rings. The summed E-state index contributed by atoms with van der Waals surface area (Å²) in [6.07, 6.45) is 0. The molecule has 3 nitrogen and oxygen atoms in total. The predicted octanol–water partition coefficient (Wildman–Crippen LogP) is 4.38. The van der Waals surface area contributed by atoms with Gasteiger partial charge in [-0.15, -0.1) is 0 Å². The maximum Gasteiger partial charge on any atom is 0.157 e. The average Bonchev–Trinajstić information content (AvgIpc) is 2.91. The molecular formula is C17H21N3. The Bertz CT molecular complexity index is 758. The Morgan fingerprint density at radius 3 is 2.30 bits per heavy atom. The molecule has 3 rings (SSSR count). The van der Waals surface area contributed by atoms with Gasteiger partial charge in [-0.1, -0.05) is 43.7 Å². The van der Waals surface area contributed by atoms with Crippen LogP contribution in [0.15, 0.2) is 24.3 Å². The molecule has 0 aliphatic carbocycles. The highest BCUT2D eigenvalue weighted by Crippen LogP contribution is 2.29. The number of fused-ring (bicyclic) bond motifs is 1. The molecule has 1 aromatic carbocycles. The van der Waals surface area contributed by atoms with E-state index in [1.807, 2.05) is 0 Å². The van der Waals surface area contributed by atoms with Crippen LogP contribution in [0.1, 0.15) is 42.1 Å². The van der Waals surface area contributed by atoms with E-state index in [9.17, 15) is 0 Å². The highest BCUT2D eigenvalue weighted by Gasteiger charge is 2.18. The van der Waals surface area contributed by atoms with Crippen LogP contribution in [-0.2, 0) is 0 Å². The van der Waals surface area contributed by atoms with Crippen molar-refractivity contribution in [3.63, 3.8) is 0 Å². The van der Waals surface area contributed by atoms with E-state index in [-0.39, 0.29) is 0 Å². The van der Waals surface area contributed by atoms with Crippen LogP contribution in [0.2, 0.25) is 0 Å². The third-order valence-electron chi connectivity index (χ3n) is 4.07. The van der Waals surface area contributed by atoms with Gasteiger partial charge in [0.1, 0.15) is 0 Å². The summed E-state index contributed by atoms with van der Waals surface area (Å²) in [6.45, 7) is 10.9. The molecule has 0 spiro atoms. The maximum absolute atomic E-state index is 4.82. The molecule has 0 saturated heterocycles. The summed E-state index contributed by atoms with van der Waals surface area (Å²) >= 11 is 0. The van der Waals surface area contributed by atoms with Crippen LogP contribution < -0.4 is 0 Å². The SMILES string of the molecule is Cc1ccc(-c2nc3c(C(C)C)c(C)c(C)n3[nH]2)cc1. The van der Waals surface area contributed by atoms with Crippen LogP contribution in [0.3, 0.4) is 0 Å². The molecule has 2 aromatic heterocycles. The molecule has 0 fully saturated rings. The Kier molecular flexibility index (Phi) is 2.93. The van der Waals surface area contributed by atoms with Crippen LogP contribution >= 0.6 is 0 Å². The summed E-state index contributed by atoms with van der Waals surface area (Å²) in [5.74, 6) is 1.41. The number of H-pyrrole nitrogens is 1. The van der Waals surface area contributed by atoms with Gasteiger partial charge in [-0.3, -0.25) is 5.10 Å². The van der Waals surface area contributed by atoms with Gasteiger partial charge in [0.2, 0.25) is 0 Å². The number of nitrogens with zero attached hydrogens (tertiary/aromatic N) is 2. The van der Waals surface area contributed by atoms with Gasteiger partial charge in [0, 0.05) is 16.8 Å². The molecule has 0 bridgehead atoms. The molecule has 0 saturated carbocycles. The quantitative estimate of drug-likeness (QED) is 0.734. The van der Waals surface area contributed by atoms with Gasteiger partial charge in [0.15, 0.2) is 11.5 Å². The minimum atomic E-state index is 0.480. The molecule has 1 N–H and O–H groups in total. The molecule has 0 aliphatic heterocycles. The first-order valence-corrected chi connectivity index (χ1v) is 7.13. The lowest BCUT2D eigenvalue weighted by molar-refractivity contribution is 0.865. The smallest absolute Gasteiger partial charge is 0.157 e. The molecular weight excluding hydrogens is 246 g/mol. The Labute approximate surface area is 119 Å². The number of hydrogen-bond donors (Lipinski definition) is 1. The van der Waals surface area contributed by atoms with E-state index in [4.69, 9.17) is 4.98 Å². The van der Waals surface area contributed by atoms with Crippen molar-refractivity contribution in [3.8, 4) is 11.4 Å². The Hall–Kier alpha value is -2.03. The van der Waals surface area contributed by atoms with Crippen LogP contribution in [0.4, 0.5) is 0 Å². The van der Waals surface area contributed by atoms with Gasteiger partial charge >= 0.3 is 0 Å². The fourth-order valence-electron chi connectivity index (χ4n) is 2.83. The highest BCUT2D eigenvalue weighted by atomic mass is 15.3. The van der Waals surface area contributed by atoms with Crippen molar-refractivity contribution in [1.29, 1.82) is 0 Å². The van der Waals surface area contributed by atoms with Crippen molar-refractivity contribution in [2.75, 3.05) is 0 Å². The van der Waals surface area contributed by atoms with Crippen molar-refractivity contribution in [2.24, 2.45) is 0 Å². The molecule has 104 valence electrons. The van der Waals surface area contributed by atoms with Crippen LogP contribution in [0, 0.1) is 20.8 Å². The molecule has 0 amide bonds. The third kappa shape index (κ3) is 1.85. The number of aryl methyl sites for hydroxylation is 2. The molecule has 0 unspecified atom stereocenters. The lowest BCUT2D eigenvalue weighted by atomic mass is 10.0. The van der Waals surface area contributed by atoms with Crippen molar-refractivity contribution < 1.29 is 0 Å². The summed E-state index contributed by atoms with van der Waals surface area (Å²) in [5, 5.41) is 3.42. The summed E-state index contributed by atoms with van der Waals surface area (Å²) in [4.78, 5) is 4.82. The van der Waals surface area contributed by atoms with E-state index in [2.05, 4.69) is 68.5 Å². The zero-order valence-corrected chi connectivity index (χ0v) is 12.8. The Balaban J connectivity index is 2.21. The van der Waals surface area contributed by atoms with E-state index >= 15 is 0 Å². The van der Waals surface area contributed by atoms with Crippen LogP contribution in [0.5, 0.6) is 0 Å². The van der Waals surface area contributed by atoms with Gasteiger partial charge in [-0.05, 0) is 32.3 Å². The molecule has 0 atom stereocenters. The lowest BCUT2D eigenvalue weighted by Gasteiger charge is -2.03. The molecule has 20 heavy (non-hydrogen) atoms. The Morgan fingerprint density at radius 1 is 1.05 bits per heavy atom. The zero-order valence-electron chi connectivity index (χ0n) is 12.8. The number of benzene rings is 1. The second-order valence-electron chi connectivity index (χ2n) is 5.88. The van der Waals surface area contributed by atoms with E-state index in [0.29, 0.717) is 5.92 Å². The fraction of sp³-hybridized carbons (Fsp3) is 0.353. The number of rotatable bonds is 2. The van der Waals surface area contributed by atoms with E-state index in [1.165, 1.54) is 22.4 Å². The number of aromatic nitrogens is 3. The molecule has 2 heterocycles. The van der Waals surface area contributed by atoms with Crippen molar-refractivity contribution >= 4 is 5.65 Å². The van der Waals surface area contributed by atoms with Gasteiger partial charge in [0.05, 0.1) is 0 Å². The first-order chi connectivity index (χ1) is 9.49. The lowest BCUT2D eigenvalue weighted by Crippen LogP contribution is -1.90. The second-order valence-corrected chi connectivity index (χ2v) is 5.88. The van der Waals surface area contributed by atoms with Crippen LogP contribution in [-0.4, -0.2) is 14.6 Å². The minimum absolute atomic E-state index is 0.480. The largest absolute Gasteiger partial charge is 0.275 e. The molecule has 3 heteroatoms. The topological polar surface area (TPSA) is 33.1 Å². The second kappa shape index (κ2) is 4.51. The third-order valence-corrected chi connectivity index (χ3v) is 4.07. The Morgan fingerprint density at radius 2 is 1.70 bits per heavy atom. The van der Waals surface area contributed by atoms with Crippen molar-refractivity contribution in [3.05, 3.63) is 46.6 Å². The zero-order chi connectivity index (χ0) is 14.4. The van der Waals surface area contributed by atoms with E-state index < -0.39 is 0 Å². The molecule has 0 radical (unpaired) electrons. The van der Waals surface area contributed by atoms with Crippen molar-refractivity contribution in [1.82, 2.24) is 14.6 Å². The predicted molar refractivity (Wildman–Crippen MR) is 83.3 cm³/mol. The van der Waals surface area contributed by atoms with Gasteiger partial charge in [-0.2, -0.15) is 0 Å². The normalized spacial score (nSPS) is 11.7. The number of hydrogen-bond acceptors (Lipinski definition) is 1. The first kappa shape index (κ1) is 13.0. The fourth-order valence-corrected chi connectivity index (χ4v) is 2.83. The first-order valence-electron chi connectivity index (χ1n) is 7.13. The summed E-state index contributed by atoms with van der Waals surface area (Å²) in [6, 6.07) is 8.47. The number of nitrogens with one attached hydrogen (secondary N) is 1. The standard InChI is InChI=1S/C17H21N3/c1-10(2)15-12(4)13(5)20-17(15)18-16(19-20)14-8-6-11(3)7-9-14/h6-10H,1-5H3,(H,18,19). The van der Waals surface area contributed by atoms with Crippen molar-refractivity contribution in [2.45, 2.75) is 40.5 Å². The monoisotopic (exact) mass is 267 g/mol. The minimum Gasteiger partial charge on any atom is -0.275 e. The van der Waals surface area contributed by atoms with E-state index in [0.717, 1.165) is 17.0 Å². The van der Waals surface area contributed by atoms with Gasteiger partial charge < -0.3 is 0 Å². The molecule has 3 aromatic rings.